The molecule has 1 aromatic rings. The second-order valence-electron chi connectivity index (χ2n) is 3.98. The van der Waals surface area contributed by atoms with Gasteiger partial charge in [-0.2, -0.15) is 0 Å². The van der Waals surface area contributed by atoms with Crippen molar-refractivity contribution in [2.45, 2.75) is 6.04 Å². The summed E-state index contributed by atoms with van der Waals surface area (Å²) in [5.41, 5.74) is 7.90. The number of anilines is 1. The third-order valence-electron chi connectivity index (χ3n) is 2.89. The van der Waals surface area contributed by atoms with Gasteiger partial charge in [-0.1, -0.05) is 12.1 Å². The van der Waals surface area contributed by atoms with Gasteiger partial charge in [0.25, 0.3) is 0 Å². The predicted octanol–water partition coefficient (Wildman–Crippen LogP) is 0.515. The van der Waals surface area contributed by atoms with Gasteiger partial charge in [-0.25, -0.2) is 0 Å². The molecule has 0 saturated carbocycles. The number of rotatable bonds is 3. The first-order chi connectivity index (χ1) is 7.81. The number of morpholine rings is 1. The van der Waals surface area contributed by atoms with Crippen molar-refractivity contribution in [2.24, 2.45) is 5.73 Å². The van der Waals surface area contributed by atoms with Crippen molar-refractivity contribution in [1.82, 2.24) is 0 Å². The average molecular weight is 222 g/mol. The highest BCUT2D eigenvalue weighted by atomic mass is 16.5. The Morgan fingerprint density at radius 1 is 1.25 bits per heavy atom. The summed E-state index contributed by atoms with van der Waals surface area (Å²) in [6.45, 7) is 3.43. The normalized spacial score (nSPS) is 18.5. The van der Waals surface area contributed by atoms with Crippen LogP contribution in [0.1, 0.15) is 11.6 Å². The lowest BCUT2D eigenvalue weighted by molar-refractivity contribution is 0.122. The summed E-state index contributed by atoms with van der Waals surface area (Å²) in [7, 11) is 0. The minimum absolute atomic E-state index is 0.0170. The fraction of sp³-hybridized carbons (Fsp3) is 0.500. The predicted molar refractivity (Wildman–Crippen MR) is 63.5 cm³/mol. The van der Waals surface area contributed by atoms with Crippen LogP contribution < -0.4 is 10.6 Å². The maximum atomic E-state index is 8.95. The van der Waals surface area contributed by atoms with Gasteiger partial charge in [-0.05, 0) is 17.7 Å². The minimum Gasteiger partial charge on any atom is -0.394 e. The van der Waals surface area contributed by atoms with Gasteiger partial charge in [0.1, 0.15) is 0 Å². The van der Waals surface area contributed by atoms with E-state index in [-0.39, 0.29) is 12.6 Å². The van der Waals surface area contributed by atoms with Gasteiger partial charge >= 0.3 is 0 Å². The highest BCUT2D eigenvalue weighted by Gasteiger charge is 2.11. The van der Waals surface area contributed by atoms with Crippen molar-refractivity contribution in [1.29, 1.82) is 0 Å². The summed E-state index contributed by atoms with van der Waals surface area (Å²) < 4.78 is 5.31. The fourth-order valence-corrected chi connectivity index (χ4v) is 1.86. The van der Waals surface area contributed by atoms with E-state index in [2.05, 4.69) is 17.0 Å². The number of aliphatic hydroxyl groups excluding tert-OH is 1. The molecule has 1 saturated heterocycles. The van der Waals surface area contributed by atoms with Crippen LogP contribution in [0.3, 0.4) is 0 Å². The number of aliphatic hydroxyl groups is 1. The van der Waals surface area contributed by atoms with Gasteiger partial charge in [0.2, 0.25) is 0 Å². The van der Waals surface area contributed by atoms with Gasteiger partial charge in [0, 0.05) is 18.8 Å². The van der Waals surface area contributed by atoms with Crippen LogP contribution in [0.25, 0.3) is 0 Å². The second kappa shape index (κ2) is 5.30. The quantitative estimate of drug-likeness (QED) is 0.782. The first-order valence-corrected chi connectivity index (χ1v) is 5.60. The molecule has 2 rings (SSSR count). The highest BCUT2D eigenvalue weighted by molar-refractivity contribution is 5.48. The number of hydrogen-bond donors (Lipinski definition) is 2. The molecule has 0 amide bonds. The van der Waals surface area contributed by atoms with Crippen LogP contribution in [0, 0.1) is 0 Å². The zero-order chi connectivity index (χ0) is 11.4. The van der Waals surface area contributed by atoms with Gasteiger partial charge in [0.15, 0.2) is 0 Å². The lowest BCUT2D eigenvalue weighted by atomic mass is 10.1. The van der Waals surface area contributed by atoms with Crippen LogP contribution in [0.4, 0.5) is 5.69 Å². The van der Waals surface area contributed by atoms with Crippen molar-refractivity contribution >= 4 is 5.69 Å². The van der Waals surface area contributed by atoms with Gasteiger partial charge in [-0.3, -0.25) is 0 Å². The molecule has 0 aliphatic carbocycles. The van der Waals surface area contributed by atoms with E-state index in [1.165, 1.54) is 5.69 Å². The molecule has 1 aliphatic heterocycles. The first kappa shape index (κ1) is 11.4. The van der Waals surface area contributed by atoms with Crippen LogP contribution in [-0.2, 0) is 4.74 Å². The zero-order valence-electron chi connectivity index (χ0n) is 9.30. The van der Waals surface area contributed by atoms with Gasteiger partial charge in [0.05, 0.1) is 25.9 Å². The van der Waals surface area contributed by atoms with Crippen molar-refractivity contribution < 1.29 is 9.84 Å². The van der Waals surface area contributed by atoms with Crippen molar-refractivity contribution in [2.75, 3.05) is 37.8 Å². The zero-order valence-corrected chi connectivity index (χ0v) is 9.30. The Morgan fingerprint density at radius 3 is 2.44 bits per heavy atom. The highest BCUT2D eigenvalue weighted by Crippen LogP contribution is 2.18. The Labute approximate surface area is 95.6 Å². The number of benzene rings is 1. The first-order valence-electron chi connectivity index (χ1n) is 5.60. The molecule has 88 valence electrons. The summed E-state index contributed by atoms with van der Waals surface area (Å²) >= 11 is 0. The number of nitrogens with zero attached hydrogens (tertiary/aromatic N) is 1. The molecule has 3 N–H and O–H groups in total. The van der Waals surface area contributed by atoms with E-state index in [9.17, 15) is 0 Å². The second-order valence-corrected chi connectivity index (χ2v) is 3.98. The van der Waals surface area contributed by atoms with E-state index in [1.807, 2.05) is 12.1 Å². The summed E-state index contributed by atoms with van der Waals surface area (Å²) in [6, 6.07) is 7.78. The molecule has 1 aromatic carbocycles. The van der Waals surface area contributed by atoms with E-state index in [0.29, 0.717) is 0 Å². The summed E-state index contributed by atoms with van der Waals surface area (Å²) in [5, 5.41) is 8.95. The van der Waals surface area contributed by atoms with Crippen molar-refractivity contribution in [3.05, 3.63) is 29.8 Å². The topological polar surface area (TPSA) is 58.7 Å². The van der Waals surface area contributed by atoms with Crippen LogP contribution >= 0.6 is 0 Å². The van der Waals surface area contributed by atoms with Crippen molar-refractivity contribution in [3.63, 3.8) is 0 Å². The fourth-order valence-electron chi connectivity index (χ4n) is 1.86. The number of ether oxygens (including phenoxy) is 1. The maximum absolute atomic E-state index is 8.95. The molecule has 1 aliphatic rings. The number of hydrogen-bond acceptors (Lipinski definition) is 4. The molecule has 0 radical (unpaired) electrons. The molecule has 0 bridgehead atoms. The Bertz CT molecular complexity index is 320. The monoisotopic (exact) mass is 222 g/mol. The van der Waals surface area contributed by atoms with Crippen LogP contribution in [0.2, 0.25) is 0 Å². The molecular formula is C12H18N2O2. The van der Waals surface area contributed by atoms with Crippen LogP contribution in [0.15, 0.2) is 24.3 Å². The molecule has 16 heavy (non-hydrogen) atoms. The standard InChI is InChI=1S/C12H18N2O2/c13-12(9-15)10-1-3-11(4-2-10)14-5-7-16-8-6-14/h1-4,12,15H,5-9,13H2/t12-/m1/s1. The Kier molecular flexibility index (Phi) is 3.77. The average Bonchev–Trinajstić information content (AvgIpc) is 2.39. The lowest BCUT2D eigenvalue weighted by Crippen LogP contribution is -2.36. The molecule has 0 aromatic heterocycles. The third kappa shape index (κ3) is 2.52. The Hall–Kier alpha value is -1.10. The molecule has 1 fully saturated rings. The van der Waals surface area contributed by atoms with Crippen LogP contribution in [-0.4, -0.2) is 38.0 Å². The SMILES string of the molecule is N[C@H](CO)c1ccc(N2CCOCC2)cc1. The molecule has 0 unspecified atom stereocenters. The van der Waals surface area contributed by atoms with Crippen molar-refractivity contribution in [3.8, 4) is 0 Å². The van der Waals surface area contributed by atoms with Crippen LogP contribution in [0.5, 0.6) is 0 Å². The van der Waals surface area contributed by atoms with E-state index in [4.69, 9.17) is 15.6 Å². The maximum Gasteiger partial charge on any atom is 0.0642 e. The van der Waals surface area contributed by atoms with E-state index >= 15 is 0 Å². The summed E-state index contributed by atoms with van der Waals surface area (Å²) in [4.78, 5) is 2.29. The Morgan fingerprint density at radius 2 is 1.88 bits per heavy atom. The lowest BCUT2D eigenvalue weighted by Gasteiger charge is -2.29. The molecule has 1 atom stereocenters. The molecule has 4 heteroatoms. The summed E-state index contributed by atoms with van der Waals surface area (Å²) in [6.07, 6.45) is 0. The number of nitrogens with two attached hydrogens (primary N) is 1. The molecule has 1 heterocycles. The molecule has 4 nitrogen and oxygen atoms in total. The largest absolute Gasteiger partial charge is 0.394 e. The third-order valence-corrected chi connectivity index (χ3v) is 2.89. The van der Waals surface area contributed by atoms with E-state index in [1.54, 1.807) is 0 Å². The Balaban J connectivity index is 2.06. The molecular weight excluding hydrogens is 204 g/mol. The summed E-state index contributed by atoms with van der Waals surface area (Å²) in [5.74, 6) is 0. The van der Waals surface area contributed by atoms with Gasteiger partial charge < -0.3 is 20.5 Å². The van der Waals surface area contributed by atoms with E-state index in [0.717, 1.165) is 31.9 Å². The van der Waals surface area contributed by atoms with Gasteiger partial charge in [-0.15, -0.1) is 0 Å². The molecule has 0 spiro atoms. The smallest absolute Gasteiger partial charge is 0.0642 e. The van der Waals surface area contributed by atoms with E-state index < -0.39 is 0 Å². The minimum atomic E-state index is -0.279.